The van der Waals surface area contributed by atoms with E-state index in [4.69, 9.17) is 0 Å². The van der Waals surface area contributed by atoms with Gasteiger partial charge in [-0.05, 0) is 25.5 Å². The maximum Gasteiger partial charge on any atom is 0.254 e. The van der Waals surface area contributed by atoms with E-state index in [-0.39, 0.29) is 23.6 Å². The van der Waals surface area contributed by atoms with E-state index in [0.29, 0.717) is 37.2 Å². The van der Waals surface area contributed by atoms with Crippen molar-refractivity contribution in [3.05, 3.63) is 29.3 Å². The van der Waals surface area contributed by atoms with Crippen molar-refractivity contribution in [3.8, 4) is 5.75 Å². The van der Waals surface area contributed by atoms with Crippen LogP contribution in [-0.4, -0.2) is 52.4 Å². The largest absolute Gasteiger partial charge is 0.508 e. The van der Waals surface area contributed by atoms with Crippen LogP contribution in [-0.2, 0) is 4.79 Å². The Morgan fingerprint density at radius 1 is 1.35 bits per heavy atom. The molecule has 1 N–H and O–H groups in total. The highest BCUT2D eigenvalue weighted by Gasteiger charge is 2.37. The second-order valence-electron chi connectivity index (χ2n) is 5.48. The first-order chi connectivity index (χ1) is 9.58. The van der Waals surface area contributed by atoms with Gasteiger partial charge in [-0.25, -0.2) is 0 Å². The zero-order valence-electron chi connectivity index (χ0n) is 11.5. The molecule has 0 aliphatic carbocycles. The standard InChI is InChI=1S/C15H18N2O3/c1-10-12(3-2-4-13(10)18)15(20)16-7-8-17-11(9-16)5-6-14(17)19/h2-4,11,18H,5-9H2,1H3. The Morgan fingerprint density at radius 3 is 2.95 bits per heavy atom. The topological polar surface area (TPSA) is 60.9 Å². The number of nitrogens with zero attached hydrogens (tertiary/aromatic N) is 2. The first-order valence-electron chi connectivity index (χ1n) is 6.95. The summed E-state index contributed by atoms with van der Waals surface area (Å²) in [6.07, 6.45) is 1.43. The van der Waals surface area contributed by atoms with Crippen LogP contribution in [0.15, 0.2) is 18.2 Å². The summed E-state index contributed by atoms with van der Waals surface area (Å²) >= 11 is 0. The Hall–Kier alpha value is -2.04. The summed E-state index contributed by atoms with van der Waals surface area (Å²) in [5.41, 5.74) is 1.16. The van der Waals surface area contributed by atoms with Gasteiger partial charge in [0.2, 0.25) is 5.91 Å². The molecule has 2 heterocycles. The first-order valence-corrected chi connectivity index (χ1v) is 6.95. The van der Waals surface area contributed by atoms with Crippen molar-refractivity contribution < 1.29 is 14.7 Å². The Labute approximate surface area is 117 Å². The molecule has 5 heteroatoms. The normalized spacial score (nSPS) is 22.1. The van der Waals surface area contributed by atoms with Crippen molar-refractivity contribution in [1.29, 1.82) is 0 Å². The predicted molar refractivity (Wildman–Crippen MR) is 73.5 cm³/mol. The molecule has 1 atom stereocenters. The molecule has 1 unspecified atom stereocenters. The minimum absolute atomic E-state index is 0.0580. The fourth-order valence-corrected chi connectivity index (χ4v) is 3.07. The van der Waals surface area contributed by atoms with Gasteiger partial charge in [-0.15, -0.1) is 0 Å². The van der Waals surface area contributed by atoms with Crippen molar-refractivity contribution in [1.82, 2.24) is 9.80 Å². The molecule has 0 bridgehead atoms. The zero-order valence-corrected chi connectivity index (χ0v) is 11.5. The molecule has 106 valence electrons. The lowest BCUT2D eigenvalue weighted by molar-refractivity contribution is -0.130. The Balaban J connectivity index is 1.79. The maximum absolute atomic E-state index is 12.6. The maximum atomic E-state index is 12.6. The van der Waals surface area contributed by atoms with Crippen molar-refractivity contribution >= 4 is 11.8 Å². The van der Waals surface area contributed by atoms with Gasteiger partial charge in [0.1, 0.15) is 5.75 Å². The summed E-state index contributed by atoms with van der Waals surface area (Å²) in [7, 11) is 0. The van der Waals surface area contributed by atoms with E-state index in [2.05, 4.69) is 0 Å². The fraction of sp³-hybridized carbons (Fsp3) is 0.467. The van der Waals surface area contributed by atoms with Gasteiger partial charge in [-0.2, -0.15) is 0 Å². The Bertz CT molecular complexity index is 570. The average molecular weight is 274 g/mol. The third-order valence-electron chi connectivity index (χ3n) is 4.32. The van der Waals surface area contributed by atoms with Crippen molar-refractivity contribution in [2.45, 2.75) is 25.8 Å². The van der Waals surface area contributed by atoms with Gasteiger partial charge in [0.25, 0.3) is 5.91 Å². The van der Waals surface area contributed by atoms with Gasteiger partial charge in [0.15, 0.2) is 0 Å². The SMILES string of the molecule is Cc1c(O)cccc1C(=O)N1CCN2C(=O)CCC2C1. The molecule has 0 spiro atoms. The lowest BCUT2D eigenvalue weighted by Gasteiger charge is -2.37. The molecule has 0 saturated carbocycles. The molecule has 0 aromatic heterocycles. The number of phenolic OH excluding ortho intramolecular Hbond substituents is 1. The summed E-state index contributed by atoms with van der Waals surface area (Å²) in [5, 5.41) is 9.71. The number of phenols is 1. The van der Waals surface area contributed by atoms with E-state index in [1.807, 2.05) is 4.90 Å². The molecular weight excluding hydrogens is 256 g/mol. The van der Waals surface area contributed by atoms with Crippen molar-refractivity contribution in [2.75, 3.05) is 19.6 Å². The quantitative estimate of drug-likeness (QED) is 0.835. The molecule has 2 aliphatic rings. The molecule has 1 aromatic carbocycles. The van der Waals surface area contributed by atoms with Gasteiger partial charge >= 0.3 is 0 Å². The van der Waals surface area contributed by atoms with Crippen LogP contribution in [0, 0.1) is 6.92 Å². The van der Waals surface area contributed by atoms with Crippen LogP contribution in [0.2, 0.25) is 0 Å². The number of aromatic hydroxyl groups is 1. The number of hydrogen-bond donors (Lipinski definition) is 1. The second-order valence-corrected chi connectivity index (χ2v) is 5.48. The predicted octanol–water partition coefficient (Wildman–Crippen LogP) is 1.15. The van der Waals surface area contributed by atoms with Crippen LogP contribution < -0.4 is 0 Å². The zero-order chi connectivity index (χ0) is 14.3. The molecular formula is C15H18N2O3. The van der Waals surface area contributed by atoms with E-state index in [1.54, 1.807) is 30.0 Å². The minimum atomic E-state index is -0.0580. The van der Waals surface area contributed by atoms with Gasteiger partial charge < -0.3 is 14.9 Å². The molecule has 3 rings (SSSR count). The first kappa shape index (κ1) is 13.0. The molecule has 5 nitrogen and oxygen atoms in total. The molecule has 2 saturated heterocycles. The number of carbonyl (C=O) groups is 2. The number of carbonyl (C=O) groups excluding carboxylic acids is 2. The lowest BCUT2D eigenvalue weighted by atomic mass is 10.0. The second kappa shape index (κ2) is 4.81. The van der Waals surface area contributed by atoms with E-state index < -0.39 is 0 Å². The number of piperazine rings is 1. The van der Waals surface area contributed by atoms with Crippen molar-refractivity contribution in [2.24, 2.45) is 0 Å². The highest BCUT2D eigenvalue weighted by Crippen LogP contribution is 2.26. The summed E-state index contributed by atoms with van der Waals surface area (Å²) in [5.74, 6) is 0.290. The number of rotatable bonds is 1. The van der Waals surface area contributed by atoms with E-state index in [0.717, 1.165) is 6.42 Å². The lowest BCUT2D eigenvalue weighted by Crippen LogP contribution is -2.53. The third-order valence-corrected chi connectivity index (χ3v) is 4.32. The average Bonchev–Trinajstić information content (AvgIpc) is 2.82. The number of fused-ring (bicyclic) bond motifs is 1. The molecule has 2 aliphatic heterocycles. The monoisotopic (exact) mass is 274 g/mol. The summed E-state index contributed by atoms with van der Waals surface area (Å²) < 4.78 is 0. The van der Waals surface area contributed by atoms with E-state index in [9.17, 15) is 14.7 Å². The highest BCUT2D eigenvalue weighted by molar-refractivity contribution is 5.96. The van der Waals surface area contributed by atoms with Crippen LogP contribution in [0.5, 0.6) is 5.75 Å². The van der Waals surface area contributed by atoms with Crippen LogP contribution in [0.4, 0.5) is 0 Å². The minimum Gasteiger partial charge on any atom is -0.508 e. The Morgan fingerprint density at radius 2 is 2.15 bits per heavy atom. The van der Waals surface area contributed by atoms with Crippen LogP contribution in [0.1, 0.15) is 28.8 Å². The number of amides is 2. The van der Waals surface area contributed by atoms with Crippen LogP contribution >= 0.6 is 0 Å². The molecule has 0 radical (unpaired) electrons. The summed E-state index contributed by atoms with van der Waals surface area (Å²) in [4.78, 5) is 27.9. The number of benzene rings is 1. The van der Waals surface area contributed by atoms with Gasteiger partial charge in [0, 0.05) is 43.2 Å². The Kier molecular flexibility index (Phi) is 3.12. The molecule has 1 aromatic rings. The molecule has 2 fully saturated rings. The molecule has 20 heavy (non-hydrogen) atoms. The molecule has 2 amide bonds. The van der Waals surface area contributed by atoms with Crippen molar-refractivity contribution in [3.63, 3.8) is 0 Å². The van der Waals surface area contributed by atoms with Gasteiger partial charge in [-0.1, -0.05) is 6.07 Å². The smallest absolute Gasteiger partial charge is 0.254 e. The summed E-state index contributed by atoms with van der Waals surface area (Å²) in [6.45, 7) is 3.53. The van der Waals surface area contributed by atoms with Gasteiger partial charge in [-0.3, -0.25) is 9.59 Å². The summed E-state index contributed by atoms with van der Waals surface area (Å²) in [6, 6.07) is 5.17. The third kappa shape index (κ3) is 2.03. The number of hydrogen-bond acceptors (Lipinski definition) is 3. The van der Waals surface area contributed by atoms with Crippen LogP contribution in [0.3, 0.4) is 0 Å². The van der Waals surface area contributed by atoms with E-state index in [1.165, 1.54) is 0 Å². The van der Waals surface area contributed by atoms with E-state index >= 15 is 0 Å². The highest BCUT2D eigenvalue weighted by atomic mass is 16.3. The fourth-order valence-electron chi connectivity index (χ4n) is 3.07. The van der Waals surface area contributed by atoms with Gasteiger partial charge in [0.05, 0.1) is 0 Å². The van der Waals surface area contributed by atoms with Crippen LogP contribution in [0.25, 0.3) is 0 Å².